The van der Waals surface area contributed by atoms with Crippen LogP contribution in [-0.2, 0) is 13.0 Å². The van der Waals surface area contributed by atoms with Gasteiger partial charge in [0.25, 0.3) is 5.56 Å². The normalized spacial score (nSPS) is 13.8. The second-order valence-corrected chi connectivity index (χ2v) is 4.39. The lowest BCUT2D eigenvalue weighted by Crippen LogP contribution is -2.27. The highest BCUT2D eigenvalue weighted by Crippen LogP contribution is 2.16. The Morgan fingerprint density at radius 3 is 3.00 bits per heavy atom. The zero-order chi connectivity index (χ0) is 12.4. The Hall–Kier alpha value is -2.17. The van der Waals surface area contributed by atoms with Gasteiger partial charge in [0.2, 0.25) is 0 Å². The fourth-order valence-electron chi connectivity index (χ4n) is 2.12. The third kappa shape index (κ3) is 2.11. The molecule has 5 heteroatoms. The average molecular weight is 242 g/mol. The Labute approximate surface area is 104 Å². The summed E-state index contributed by atoms with van der Waals surface area (Å²) in [5.74, 6) is 0. The molecule has 0 atom stereocenters. The molecule has 2 aromatic heterocycles. The van der Waals surface area contributed by atoms with Gasteiger partial charge < -0.3 is 5.32 Å². The third-order valence-corrected chi connectivity index (χ3v) is 3.06. The molecule has 1 aliphatic heterocycles. The van der Waals surface area contributed by atoms with Crippen LogP contribution in [0.3, 0.4) is 0 Å². The van der Waals surface area contributed by atoms with Crippen molar-refractivity contribution < 1.29 is 0 Å². The summed E-state index contributed by atoms with van der Waals surface area (Å²) in [4.78, 5) is 15.9. The minimum atomic E-state index is -0.0695. The number of fused-ring (bicyclic) bond motifs is 1. The lowest BCUT2D eigenvalue weighted by Gasteiger charge is -2.17. The van der Waals surface area contributed by atoms with E-state index in [0.717, 1.165) is 36.3 Å². The van der Waals surface area contributed by atoms with Gasteiger partial charge in [-0.05, 0) is 30.5 Å². The van der Waals surface area contributed by atoms with Crippen LogP contribution in [0.1, 0.15) is 17.7 Å². The van der Waals surface area contributed by atoms with Crippen LogP contribution in [0, 0.1) is 0 Å². The molecule has 0 unspecified atom stereocenters. The van der Waals surface area contributed by atoms with E-state index in [1.807, 2.05) is 12.1 Å². The number of nitrogens with zero attached hydrogens (tertiary/aromatic N) is 3. The Balaban J connectivity index is 1.95. The molecule has 0 fully saturated rings. The fraction of sp³-hybridized carbons (Fsp3) is 0.308. The van der Waals surface area contributed by atoms with Crippen molar-refractivity contribution in [3.05, 3.63) is 52.2 Å². The van der Waals surface area contributed by atoms with Crippen molar-refractivity contribution in [3.63, 3.8) is 0 Å². The molecule has 92 valence electrons. The van der Waals surface area contributed by atoms with Crippen LogP contribution in [0.15, 0.2) is 35.4 Å². The van der Waals surface area contributed by atoms with Gasteiger partial charge in [0, 0.05) is 25.0 Å². The van der Waals surface area contributed by atoms with Crippen LogP contribution in [0.5, 0.6) is 0 Å². The van der Waals surface area contributed by atoms with Crippen molar-refractivity contribution in [1.82, 2.24) is 14.8 Å². The summed E-state index contributed by atoms with van der Waals surface area (Å²) in [6.07, 6.45) is 5.44. The number of nitrogens with one attached hydrogen (secondary N) is 1. The lowest BCUT2D eigenvalue weighted by molar-refractivity contribution is 0.607. The van der Waals surface area contributed by atoms with E-state index in [1.165, 1.54) is 4.68 Å². The number of anilines is 1. The summed E-state index contributed by atoms with van der Waals surface area (Å²) in [7, 11) is 0. The van der Waals surface area contributed by atoms with Crippen LogP contribution in [-0.4, -0.2) is 21.3 Å². The van der Waals surface area contributed by atoms with Crippen LogP contribution < -0.4 is 10.9 Å². The SMILES string of the molecule is O=c1cc2c(nn1Cc1ccncc1)CCCN2. The van der Waals surface area contributed by atoms with E-state index >= 15 is 0 Å². The van der Waals surface area contributed by atoms with Crippen molar-refractivity contribution in [2.24, 2.45) is 0 Å². The van der Waals surface area contributed by atoms with Gasteiger partial charge in [-0.25, -0.2) is 4.68 Å². The fourth-order valence-corrected chi connectivity index (χ4v) is 2.12. The summed E-state index contributed by atoms with van der Waals surface area (Å²) < 4.78 is 1.52. The molecule has 2 aromatic rings. The van der Waals surface area contributed by atoms with Gasteiger partial charge >= 0.3 is 0 Å². The number of hydrogen-bond acceptors (Lipinski definition) is 4. The van der Waals surface area contributed by atoms with Crippen LogP contribution >= 0.6 is 0 Å². The maximum atomic E-state index is 11.9. The number of hydrogen-bond donors (Lipinski definition) is 1. The molecule has 1 aliphatic rings. The molecule has 3 rings (SSSR count). The summed E-state index contributed by atoms with van der Waals surface area (Å²) in [6, 6.07) is 5.43. The molecule has 0 amide bonds. The molecule has 5 nitrogen and oxygen atoms in total. The highest BCUT2D eigenvalue weighted by Gasteiger charge is 2.12. The molecule has 18 heavy (non-hydrogen) atoms. The maximum Gasteiger partial charge on any atom is 0.269 e. The van der Waals surface area contributed by atoms with E-state index in [1.54, 1.807) is 18.5 Å². The molecule has 0 radical (unpaired) electrons. The van der Waals surface area contributed by atoms with E-state index < -0.39 is 0 Å². The molecule has 3 heterocycles. The molecular formula is C13H14N4O. The second kappa shape index (κ2) is 4.60. The topological polar surface area (TPSA) is 59.8 Å². The van der Waals surface area contributed by atoms with Gasteiger partial charge in [-0.15, -0.1) is 0 Å². The first-order chi connectivity index (χ1) is 8.83. The van der Waals surface area contributed by atoms with Crippen molar-refractivity contribution in [2.45, 2.75) is 19.4 Å². The van der Waals surface area contributed by atoms with E-state index in [-0.39, 0.29) is 5.56 Å². The molecule has 0 spiro atoms. The zero-order valence-corrected chi connectivity index (χ0v) is 9.97. The van der Waals surface area contributed by atoms with Gasteiger partial charge in [0.15, 0.2) is 0 Å². The van der Waals surface area contributed by atoms with E-state index in [4.69, 9.17) is 0 Å². The van der Waals surface area contributed by atoms with Gasteiger partial charge in [-0.2, -0.15) is 5.10 Å². The van der Waals surface area contributed by atoms with E-state index in [2.05, 4.69) is 15.4 Å². The van der Waals surface area contributed by atoms with Gasteiger partial charge in [0.1, 0.15) is 0 Å². The predicted molar refractivity (Wildman–Crippen MR) is 68.6 cm³/mol. The molecule has 0 aliphatic carbocycles. The van der Waals surface area contributed by atoms with Crippen LogP contribution in [0.25, 0.3) is 0 Å². The predicted octanol–water partition coefficient (Wildman–Crippen LogP) is 1.04. The highest BCUT2D eigenvalue weighted by molar-refractivity contribution is 5.48. The number of aryl methyl sites for hydroxylation is 1. The zero-order valence-electron chi connectivity index (χ0n) is 9.97. The Bertz CT molecular complexity index is 606. The molecule has 0 saturated carbocycles. The first kappa shape index (κ1) is 11.0. The van der Waals surface area contributed by atoms with Crippen molar-refractivity contribution in [1.29, 1.82) is 0 Å². The molecule has 0 saturated heterocycles. The third-order valence-electron chi connectivity index (χ3n) is 3.06. The van der Waals surface area contributed by atoms with E-state index in [9.17, 15) is 4.79 Å². The van der Waals surface area contributed by atoms with E-state index in [0.29, 0.717) is 6.54 Å². The Morgan fingerprint density at radius 1 is 1.33 bits per heavy atom. The van der Waals surface area contributed by atoms with Crippen molar-refractivity contribution >= 4 is 5.69 Å². The number of rotatable bonds is 2. The summed E-state index contributed by atoms with van der Waals surface area (Å²) in [6.45, 7) is 1.41. The molecular weight excluding hydrogens is 228 g/mol. The van der Waals surface area contributed by atoms with Crippen LogP contribution in [0.4, 0.5) is 5.69 Å². The molecule has 0 aromatic carbocycles. The first-order valence-electron chi connectivity index (χ1n) is 6.07. The monoisotopic (exact) mass is 242 g/mol. The van der Waals surface area contributed by atoms with Gasteiger partial charge in [-0.1, -0.05) is 0 Å². The number of pyridine rings is 1. The standard InChI is InChI=1S/C13H14N4O/c18-13-8-12-11(2-1-5-15-12)16-17(13)9-10-3-6-14-7-4-10/h3-4,6-8,15H,1-2,5,9H2. The van der Waals surface area contributed by atoms with Crippen molar-refractivity contribution in [2.75, 3.05) is 11.9 Å². The Morgan fingerprint density at radius 2 is 2.17 bits per heavy atom. The number of aromatic nitrogens is 3. The summed E-state index contributed by atoms with van der Waals surface area (Å²) >= 11 is 0. The molecule has 1 N–H and O–H groups in total. The first-order valence-corrected chi connectivity index (χ1v) is 6.07. The summed E-state index contributed by atoms with van der Waals surface area (Å²) in [5, 5.41) is 7.64. The van der Waals surface area contributed by atoms with Gasteiger partial charge in [-0.3, -0.25) is 9.78 Å². The average Bonchev–Trinajstić information content (AvgIpc) is 2.41. The Kier molecular flexibility index (Phi) is 2.80. The van der Waals surface area contributed by atoms with Crippen LogP contribution in [0.2, 0.25) is 0 Å². The highest BCUT2D eigenvalue weighted by atomic mass is 16.1. The smallest absolute Gasteiger partial charge is 0.269 e. The molecule has 0 bridgehead atoms. The summed E-state index contributed by atoms with van der Waals surface area (Å²) in [5.41, 5.74) is 2.83. The lowest BCUT2D eigenvalue weighted by atomic mass is 10.1. The minimum Gasteiger partial charge on any atom is -0.383 e. The second-order valence-electron chi connectivity index (χ2n) is 4.39. The van der Waals surface area contributed by atoms with Gasteiger partial charge in [0.05, 0.1) is 17.9 Å². The van der Waals surface area contributed by atoms with Crippen molar-refractivity contribution in [3.8, 4) is 0 Å². The maximum absolute atomic E-state index is 11.9. The largest absolute Gasteiger partial charge is 0.383 e. The quantitative estimate of drug-likeness (QED) is 0.855. The minimum absolute atomic E-state index is 0.0695.